The predicted octanol–water partition coefficient (Wildman–Crippen LogP) is 8.08. The summed E-state index contributed by atoms with van der Waals surface area (Å²) in [5, 5.41) is 3.44. The Morgan fingerprint density at radius 1 is 0.511 bits per heavy atom. The first kappa shape index (κ1) is 28.0. The lowest BCUT2D eigenvalue weighted by molar-refractivity contribution is 0.0856. The molecule has 1 aliphatic carbocycles. The third-order valence-electron chi connectivity index (χ3n) is 8.26. The molecule has 1 N–H and O–H groups in total. The number of para-hydroxylation sites is 4. The largest absolute Gasteiger partial charge is 0.457 e. The average molecular weight is 617 g/mol. The van der Waals surface area contributed by atoms with E-state index in [4.69, 9.17) is 9.47 Å². The van der Waals surface area contributed by atoms with Crippen LogP contribution < -0.4 is 19.7 Å². The molecular formula is C39H24N2O6. The number of hydrogen-bond donors (Lipinski definition) is 1. The summed E-state index contributed by atoms with van der Waals surface area (Å²) in [6, 6.07) is 36.9. The second-order valence-electron chi connectivity index (χ2n) is 11.1. The van der Waals surface area contributed by atoms with Crippen molar-refractivity contribution in [1.29, 1.82) is 0 Å². The lowest BCUT2D eigenvalue weighted by Gasteiger charge is -2.33. The summed E-state index contributed by atoms with van der Waals surface area (Å²) >= 11 is 0. The topological polar surface area (TPSA) is 102 Å². The van der Waals surface area contributed by atoms with Crippen LogP contribution in [0.1, 0.15) is 41.4 Å². The third-order valence-corrected chi connectivity index (χ3v) is 8.26. The minimum atomic E-state index is -1.30. The van der Waals surface area contributed by atoms with Crippen molar-refractivity contribution in [2.75, 3.05) is 10.2 Å². The number of rotatable bonds is 7. The van der Waals surface area contributed by atoms with Gasteiger partial charge in [0.15, 0.2) is 17.6 Å². The number of ketones is 2. The van der Waals surface area contributed by atoms with Gasteiger partial charge in [0.2, 0.25) is 0 Å². The van der Waals surface area contributed by atoms with Crippen LogP contribution in [0.3, 0.4) is 0 Å². The van der Waals surface area contributed by atoms with E-state index in [9.17, 15) is 19.2 Å². The van der Waals surface area contributed by atoms with Crippen LogP contribution in [-0.4, -0.2) is 29.4 Å². The lowest BCUT2D eigenvalue weighted by Crippen LogP contribution is -2.44. The molecule has 1 unspecified atom stereocenters. The Bertz CT molecular complexity index is 2240. The number of ether oxygens (including phenoxy) is 2. The van der Waals surface area contributed by atoms with Crippen LogP contribution in [0.15, 0.2) is 133 Å². The maximum atomic E-state index is 14.4. The van der Waals surface area contributed by atoms with Gasteiger partial charge >= 0.3 is 0 Å². The molecule has 1 aliphatic heterocycles. The van der Waals surface area contributed by atoms with E-state index in [0.717, 1.165) is 4.90 Å². The number of amides is 2. The molecule has 8 rings (SSSR count). The van der Waals surface area contributed by atoms with Crippen molar-refractivity contribution in [1.82, 2.24) is 0 Å². The number of Topliss-reactive ketones (excluding diaryl/α,β-unsaturated/α-hetero) is 2. The van der Waals surface area contributed by atoms with Crippen molar-refractivity contribution in [3.8, 4) is 23.0 Å². The second kappa shape index (κ2) is 11.1. The Morgan fingerprint density at radius 2 is 1.00 bits per heavy atom. The number of carbonyl (C=O) groups is 4. The van der Waals surface area contributed by atoms with Crippen LogP contribution in [0.4, 0.5) is 11.4 Å². The predicted molar refractivity (Wildman–Crippen MR) is 177 cm³/mol. The summed E-state index contributed by atoms with van der Waals surface area (Å²) in [5.74, 6) is -1.30. The molecular weight excluding hydrogens is 592 g/mol. The van der Waals surface area contributed by atoms with Gasteiger partial charge in [-0.05, 0) is 60.7 Å². The molecule has 1 heterocycles. The molecule has 0 aromatic heterocycles. The highest BCUT2D eigenvalue weighted by atomic mass is 16.5. The van der Waals surface area contributed by atoms with E-state index in [-0.39, 0.29) is 44.5 Å². The van der Waals surface area contributed by atoms with Crippen molar-refractivity contribution >= 4 is 45.5 Å². The molecule has 226 valence electrons. The average Bonchev–Trinajstić information content (AvgIpc) is 3.10. The Hall–Kier alpha value is -6.54. The van der Waals surface area contributed by atoms with Gasteiger partial charge in [-0.1, -0.05) is 72.8 Å². The van der Waals surface area contributed by atoms with Gasteiger partial charge in [-0.15, -0.1) is 0 Å². The molecule has 2 amide bonds. The maximum absolute atomic E-state index is 14.4. The Balaban J connectivity index is 1.43. The van der Waals surface area contributed by atoms with Gasteiger partial charge in [0.25, 0.3) is 11.8 Å². The van der Waals surface area contributed by atoms with E-state index in [1.165, 1.54) is 12.1 Å². The van der Waals surface area contributed by atoms with Crippen molar-refractivity contribution in [2.45, 2.75) is 6.04 Å². The molecule has 0 radical (unpaired) electrons. The first-order valence-corrected chi connectivity index (χ1v) is 15.0. The van der Waals surface area contributed by atoms with Gasteiger partial charge in [-0.25, -0.2) is 4.90 Å². The van der Waals surface area contributed by atoms with E-state index in [1.54, 1.807) is 103 Å². The number of carbonyl (C=O) groups excluding carboxylic acids is 4. The van der Waals surface area contributed by atoms with E-state index >= 15 is 0 Å². The first-order chi connectivity index (χ1) is 23.0. The first-order valence-electron chi connectivity index (χ1n) is 15.0. The summed E-state index contributed by atoms with van der Waals surface area (Å²) in [5.41, 5.74) is 1.32. The molecule has 1 atom stereocenters. The molecule has 8 nitrogen and oxygen atoms in total. The number of anilines is 2. The normalized spacial score (nSPS) is 15.1. The lowest BCUT2D eigenvalue weighted by atomic mass is 9.78. The van der Waals surface area contributed by atoms with Crippen molar-refractivity contribution in [2.24, 2.45) is 0 Å². The smallest absolute Gasteiger partial charge is 0.269 e. The highest BCUT2D eigenvalue weighted by molar-refractivity contribution is 6.42. The van der Waals surface area contributed by atoms with Gasteiger partial charge in [-0.3, -0.25) is 19.2 Å². The highest BCUT2D eigenvalue weighted by Crippen LogP contribution is 2.48. The SMILES string of the molecule is O=C1c2cc(Oc3ccccc3)c3c4c(cc(Oc5ccccc5)c(c24)C(=O)C1Nc1ccccc1)C(=O)N(c1ccccc1)C3=O. The van der Waals surface area contributed by atoms with Crippen LogP contribution in [-0.2, 0) is 0 Å². The van der Waals surface area contributed by atoms with Gasteiger partial charge in [0, 0.05) is 22.0 Å². The highest BCUT2D eigenvalue weighted by Gasteiger charge is 2.45. The third kappa shape index (κ3) is 4.62. The fraction of sp³-hybridized carbons (Fsp3) is 0.0256. The molecule has 6 aromatic rings. The minimum Gasteiger partial charge on any atom is -0.457 e. The second-order valence-corrected chi connectivity index (χ2v) is 11.1. The zero-order chi connectivity index (χ0) is 32.1. The zero-order valence-electron chi connectivity index (χ0n) is 24.7. The van der Waals surface area contributed by atoms with E-state index < -0.39 is 29.4 Å². The Morgan fingerprint density at radius 3 is 1.60 bits per heavy atom. The summed E-state index contributed by atoms with van der Waals surface area (Å²) in [4.78, 5) is 58.5. The Kier molecular flexibility index (Phi) is 6.62. The number of hydrogen-bond acceptors (Lipinski definition) is 7. The van der Waals surface area contributed by atoms with E-state index in [1.807, 2.05) is 18.2 Å². The van der Waals surface area contributed by atoms with Crippen LogP contribution in [0.2, 0.25) is 0 Å². The van der Waals surface area contributed by atoms with Crippen LogP contribution in [0.25, 0.3) is 10.8 Å². The van der Waals surface area contributed by atoms with E-state index in [0.29, 0.717) is 22.9 Å². The molecule has 8 heteroatoms. The molecule has 0 saturated carbocycles. The number of nitrogens with one attached hydrogen (secondary N) is 1. The van der Waals surface area contributed by atoms with Gasteiger partial charge in [0.05, 0.1) is 22.4 Å². The van der Waals surface area contributed by atoms with Crippen molar-refractivity contribution in [3.63, 3.8) is 0 Å². The molecule has 0 bridgehead atoms. The molecule has 0 saturated heterocycles. The monoisotopic (exact) mass is 616 g/mol. The Labute approximate surface area is 268 Å². The van der Waals surface area contributed by atoms with E-state index in [2.05, 4.69) is 5.32 Å². The minimum absolute atomic E-state index is 0.0636. The summed E-state index contributed by atoms with van der Waals surface area (Å²) in [6.45, 7) is 0. The maximum Gasteiger partial charge on any atom is 0.269 e. The zero-order valence-corrected chi connectivity index (χ0v) is 24.7. The van der Waals surface area contributed by atoms with Crippen molar-refractivity contribution < 1.29 is 28.7 Å². The molecule has 0 spiro atoms. The van der Waals surface area contributed by atoms with Gasteiger partial charge in [-0.2, -0.15) is 0 Å². The standard InChI is InChI=1S/C39H24N2O6/c42-36-27-21-30(47-26-19-11-4-12-20-26)34-32-28(38(44)41(39(34)45)24-15-7-2-8-16-24)22-29(46-25-17-9-3-10-18-25)33(31(27)32)37(43)35(36)40-23-13-5-1-6-14-23/h1-22,35,40H. The van der Waals surface area contributed by atoms with Crippen molar-refractivity contribution in [3.05, 3.63) is 156 Å². The number of imide groups is 1. The summed E-state index contributed by atoms with van der Waals surface area (Å²) < 4.78 is 12.6. The summed E-state index contributed by atoms with van der Waals surface area (Å²) in [6.07, 6.45) is 0. The van der Waals surface area contributed by atoms with Crippen LogP contribution in [0, 0.1) is 0 Å². The fourth-order valence-corrected chi connectivity index (χ4v) is 6.18. The number of benzene rings is 6. The fourth-order valence-electron chi connectivity index (χ4n) is 6.18. The molecule has 0 fully saturated rings. The molecule has 2 aliphatic rings. The summed E-state index contributed by atoms with van der Waals surface area (Å²) in [7, 11) is 0. The van der Waals surface area contributed by atoms with Gasteiger partial charge < -0.3 is 14.8 Å². The van der Waals surface area contributed by atoms with Crippen LogP contribution in [0.5, 0.6) is 23.0 Å². The van der Waals surface area contributed by atoms with Crippen LogP contribution >= 0.6 is 0 Å². The molecule has 47 heavy (non-hydrogen) atoms. The number of nitrogens with zero attached hydrogens (tertiary/aromatic N) is 1. The van der Waals surface area contributed by atoms with Gasteiger partial charge in [0.1, 0.15) is 23.0 Å². The molecule has 6 aromatic carbocycles. The quantitative estimate of drug-likeness (QED) is 0.143.